The van der Waals surface area contributed by atoms with Gasteiger partial charge in [0.2, 0.25) is 0 Å². The summed E-state index contributed by atoms with van der Waals surface area (Å²) in [6.07, 6.45) is 0.113. The molecular weight excluding hydrogens is 332 g/mol. The molecule has 0 saturated heterocycles. The number of rotatable bonds is 4. The van der Waals surface area contributed by atoms with E-state index in [1.165, 1.54) is 14.2 Å². The van der Waals surface area contributed by atoms with Gasteiger partial charge in [0.25, 0.3) is 0 Å². The molecule has 2 aromatic rings. The van der Waals surface area contributed by atoms with Crippen molar-refractivity contribution in [3.05, 3.63) is 53.1 Å². The van der Waals surface area contributed by atoms with E-state index in [4.69, 9.17) is 25.6 Å². The molecule has 6 heteroatoms. The van der Waals surface area contributed by atoms with Crippen LogP contribution in [0.5, 0.6) is 11.5 Å². The molecular formula is C20H26N2O4. The molecule has 0 aliphatic rings. The van der Waals surface area contributed by atoms with E-state index in [0.29, 0.717) is 22.7 Å². The van der Waals surface area contributed by atoms with E-state index in [0.717, 1.165) is 11.1 Å². The fourth-order valence-corrected chi connectivity index (χ4v) is 1.99. The van der Waals surface area contributed by atoms with Crippen molar-refractivity contribution in [2.45, 2.75) is 27.2 Å². The quantitative estimate of drug-likeness (QED) is 0.805. The highest BCUT2D eigenvalue weighted by molar-refractivity contribution is 5.70. The zero-order chi connectivity index (χ0) is 20.1. The first kappa shape index (κ1) is 22.8. The molecule has 0 fully saturated rings. The summed E-state index contributed by atoms with van der Waals surface area (Å²) in [4.78, 5) is 10.3. The first-order chi connectivity index (χ1) is 12.4. The van der Waals surface area contributed by atoms with Gasteiger partial charge in [0, 0.05) is 12.1 Å². The molecule has 0 unspecified atom stereocenters. The van der Waals surface area contributed by atoms with E-state index in [1.807, 2.05) is 51.1 Å². The SMILES string of the molecule is CC.COc1cc(N)c(C#N)cc1OC.Cc1cccc(CC(=O)O)c1. The molecule has 0 aliphatic heterocycles. The van der Waals surface area contributed by atoms with Crippen LogP contribution in [0.1, 0.15) is 30.5 Å². The highest BCUT2D eigenvalue weighted by atomic mass is 16.5. The highest BCUT2D eigenvalue weighted by Crippen LogP contribution is 2.31. The van der Waals surface area contributed by atoms with Crippen molar-refractivity contribution in [3.63, 3.8) is 0 Å². The third kappa shape index (κ3) is 7.58. The normalized spacial score (nSPS) is 8.77. The number of anilines is 1. The third-order valence-electron chi connectivity index (χ3n) is 3.11. The lowest BCUT2D eigenvalue weighted by molar-refractivity contribution is -0.136. The van der Waals surface area contributed by atoms with Crippen molar-refractivity contribution in [1.82, 2.24) is 0 Å². The standard InChI is InChI=1S/C9H10N2O2.C9H10O2.C2H6/c1-12-8-3-6(5-10)7(11)4-9(8)13-2;1-7-3-2-4-8(5-7)6-9(10)11;1-2/h3-4H,11H2,1-2H3;2-5H,6H2,1H3,(H,10,11);1-2H3. The van der Waals surface area contributed by atoms with Gasteiger partial charge in [-0.15, -0.1) is 0 Å². The van der Waals surface area contributed by atoms with Gasteiger partial charge < -0.3 is 20.3 Å². The molecule has 2 rings (SSSR count). The van der Waals surface area contributed by atoms with Gasteiger partial charge in [0.05, 0.1) is 31.9 Å². The van der Waals surface area contributed by atoms with Crippen molar-refractivity contribution < 1.29 is 19.4 Å². The summed E-state index contributed by atoms with van der Waals surface area (Å²) in [6.45, 7) is 5.95. The second-order valence-electron chi connectivity index (χ2n) is 4.97. The van der Waals surface area contributed by atoms with Crippen LogP contribution in [0.2, 0.25) is 0 Å². The topological polar surface area (TPSA) is 106 Å². The van der Waals surface area contributed by atoms with Gasteiger partial charge in [0.1, 0.15) is 6.07 Å². The Labute approximate surface area is 154 Å². The minimum absolute atomic E-state index is 0.113. The number of nitrogens with two attached hydrogens (primary N) is 1. The second-order valence-corrected chi connectivity index (χ2v) is 4.97. The largest absolute Gasteiger partial charge is 0.493 e. The number of hydrogen-bond donors (Lipinski definition) is 2. The summed E-state index contributed by atoms with van der Waals surface area (Å²) < 4.78 is 10.0. The van der Waals surface area contributed by atoms with Crippen molar-refractivity contribution in [2.75, 3.05) is 20.0 Å². The Balaban J connectivity index is 0.000000444. The molecule has 0 atom stereocenters. The number of nitrogen functional groups attached to an aromatic ring is 1. The van der Waals surface area contributed by atoms with Crippen LogP contribution in [-0.4, -0.2) is 25.3 Å². The lowest BCUT2D eigenvalue weighted by atomic mass is 10.1. The summed E-state index contributed by atoms with van der Waals surface area (Å²) in [5.41, 5.74) is 8.31. The van der Waals surface area contributed by atoms with Crippen LogP contribution < -0.4 is 15.2 Å². The van der Waals surface area contributed by atoms with Crippen LogP contribution in [0, 0.1) is 18.3 Å². The maximum atomic E-state index is 10.3. The van der Waals surface area contributed by atoms with E-state index in [1.54, 1.807) is 12.1 Å². The number of carboxylic acids is 1. The molecule has 0 aliphatic carbocycles. The van der Waals surface area contributed by atoms with Crippen molar-refractivity contribution in [2.24, 2.45) is 0 Å². The van der Waals surface area contributed by atoms with Gasteiger partial charge in [-0.05, 0) is 12.5 Å². The summed E-state index contributed by atoms with van der Waals surface area (Å²) in [6, 6.07) is 12.6. The molecule has 0 aromatic heterocycles. The predicted molar refractivity (Wildman–Crippen MR) is 103 cm³/mol. The van der Waals surface area contributed by atoms with Gasteiger partial charge in [-0.3, -0.25) is 4.79 Å². The van der Waals surface area contributed by atoms with Crippen LogP contribution in [0.3, 0.4) is 0 Å². The summed E-state index contributed by atoms with van der Waals surface area (Å²) in [5.74, 6) is 0.253. The Hall–Kier alpha value is -3.20. The highest BCUT2D eigenvalue weighted by Gasteiger charge is 2.07. The molecule has 6 nitrogen and oxygen atoms in total. The molecule has 0 saturated carbocycles. The lowest BCUT2D eigenvalue weighted by Crippen LogP contribution is -1.99. The Morgan fingerprint density at radius 3 is 2.19 bits per heavy atom. The van der Waals surface area contributed by atoms with E-state index < -0.39 is 5.97 Å². The number of aryl methyl sites for hydroxylation is 1. The number of benzene rings is 2. The molecule has 0 heterocycles. The fourth-order valence-electron chi connectivity index (χ4n) is 1.99. The number of methoxy groups -OCH3 is 2. The molecule has 3 N–H and O–H groups in total. The third-order valence-corrected chi connectivity index (χ3v) is 3.11. The Morgan fingerprint density at radius 1 is 1.15 bits per heavy atom. The van der Waals surface area contributed by atoms with Crippen LogP contribution in [0.15, 0.2) is 36.4 Å². The number of nitrogens with zero attached hydrogens (tertiary/aromatic N) is 1. The first-order valence-electron chi connectivity index (χ1n) is 8.10. The zero-order valence-corrected chi connectivity index (χ0v) is 15.9. The fraction of sp³-hybridized carbons (Fsp3) is 0.300. The van der Waals surface area contributed by atoms with Gasteiger partial charge in [-0.1, -0.05) is 43.7 Å². The second kappa shape index (κ2) is 12.2. The Bertz CT molecular complexity index is 752. The molecule has 0 spiro atoms. The number of carboxylic acid groups (broad SMARTS) is 1. The van der Waals surface area contributed by atoms with Crippen LogP contribution in [0.25, 0.3) is 0 Å². The maximum absolute atomic E-state index is 10.3. The van der Waals surface area contributed by atoms with Crippen molar-refractivity contribution in [1.29, 1.82) is 5.26 Å². The average Bonchev–Trinajstić information content (AvgIpc) is 2.63. The zero-order valence-electron chi connectivity index (χ0n) is 15.9. The van der Waals surface area contributed by atoms with Crippen LogP contribution in [-0.2, 0) is 11.2 Å². The number of aliphatic carboxylic acids is 1. The van der Waals surface area contributed by atoms with Crippen molar-refractivity contribution in [3.8, 4) is 17.6 Å². The number of ether oxygens (including phenoxy) is 2. The van der Waals surface area contributed by atoms with Gasteiger partial charge in [-0.2, -0.15) is 5.26 Å². The van der Waals surface area contributed by atoms with Gasteiger partial charge in [-0.25, -0.2) is 0 Å². The first-order valence-corrected chi connectivity index (χ1v) is 8.10. The lowest BCUT2D eigenvalue weighted by Gasteiger charge is -2.08. The van der Waals surface area contributed by atoms with Gasteiger partial charge >= 0.3 is 5.97 Å². The van der Waals surface area contributed by atoms with E-state index in [-0.39, 0.29) is 6.42 Å². The maximum Gasteiger partial charge on any atom is 0.307 e. The molecule has 2 aromatic carbocycles. The number of hydrogen-bond acceptors (Lipinski definition) is 5. The molecule has 0 radical (unpaired) electrons. The smallest absolute Gasteiger partial charge is 0.307 e. The molecule has 0 amide bonds. The molecule has 140 valence electrons. The Morgan fingerprint density at radius 2 is 1.73 bits per heavy atom. The molecule has 26 heavy (non-hydrogen) atoms. The monoisotopic (exact) mass is 358 g/mol. The Kier molecular flexibility index (Phi) is 10.7. The van der Waals surface area contributed by atoms with Crippen molar-refractivity contribution >= 4 is 11.7 Å². The van der Waals surface area contributed by atoms with E-state index >= 15 is 0 Å². The van der Waals surface area contributed by atoms with Crippen LogP contribution in [0.4, 0.5) is 5.69 Å². The number of nitriles is 1. The summed E-state index contributed by atoms with van der Waals surface area (Å²) >= 11 is 0. The number of carbonyl (C=O) groups is 1. The predicted octanol–water partition coefficient (Wildman–Crippen LogP) is 3.81. The molecule has 0 bridgehead atoms. The summed E-state index contributed by atoms with van der Waals surface area (Å²) in [7, 11) is 3.03. The van der Waals surface area contributed by atoms with E-state index in [2.05, 4.69) is 0 Å². The minimum Gasteiger partial charge on any atom is -0.493 e. The van der Waals surface area contributed by atoms with Crippen LogP contribution >= 0.6 is 0 Å². The van der Waals surface area contributed by atoms with Gasteiger partial charge in [0.15, 0.2) is 11.5 Å². The summed E-state index contributed by atoms with van der Waals surface area (Å²) in [5, 5.41) is 17.1. The average molecular weight is 358 g/mol. The van der Waals surface area contributed by atoms with E-state index in [9.17, 15) is 4.79 Å². The minimum atomic E-state index is -0.782.